The van der Waals surface area contributed by atoms with Gasteiger partial charge in [0.2, 0.25) is 0 Å². The van der Waals surface area contributed by atoms with Crippen LogP contribution in [0.3, 0.4) is 0 Å². The van der Waals surface area contributed by atoms with Crippen LogP contribution in [0.2, 0.25) is 0 Å². The van der Waals surface area contributed by atoms with Gasteiger partial charge < -0.3 is 14.8 Å². The van der Waals surface area contributed by atoms with Gasteiger partial charge in [-0.05, 0) is 32.2 Å². The number of benzene rings is 2. The molecule has 0 aliphatic heterocycles. The largest absolute Gasteiger partial charge is 0.494 e. The second kappa shape index (κ2) is 7.64. The summed E-state index contributed by atoms with van der Waals surface area (Å²) in [7, 11) is 1.85. The van der Waals surface area contributed by atoms with Crippen LogP contribution in [0.5, 0.6) is 11.5 Å². The van der Waals surface area contributed by atoms with E-state index in [9.17, 15) is 4.39 Å². The highest BCUT2D eigenvalue weighted by atomic mass is 19.1. The fourth-order valence-corrected chi connectivity index (χ4v) is 2.12. The number of likely N-dealkylation sites (N-methyl/N-ethyl adjacent to an activating group) is 1. The molecule has 0 heterocycles. The summed E-state index contributed by atoms with van der Waals surface area (Å²) in [6.07, 6.45) is 0. The molecule has 0 aromatic heterocycles. The molecule has 2 rings (SSSR count). The molecule has 3 nitrogen and oxygen atoms in total. The van der Waals surface area contributed by atoms with Crippen LogP contribution in [0.15, 0.2) is 48.5 Å². The van der Waals surface area contributed by atoms with Crippen LogP contribution >= 0.6 is 0 Å². The van der Waals surface area contributed by atoms with Gasteiger partial charge in [-0.2, -0.15) is 0 Å². The molecular weight excluding hydrogens is 269 g/mol. The summed E-state index contributed by atoms with van der Waals surface area (Å²) in [5.41, 5.74) is 0.998. The Hall–Kier alpha value is -2.07. The van der Waals surface area contributed by atoms with E-state index in [1.54, 1.807) is 18.2 Å². The van der Waals surface area contributed by atoms with Crippen molar-refractivity contribution in [3.05, 3.63) is 59.9 Å². The normalized spacial score (nSPS) is 12.0. The summed E-state index contributed by atoms with van der Waals surface area (Å²) in [5.74, 6) is 0.716. The lowest BCUT2D eigenvalue weighted by molar-refractivity contribution is 0.255. The van der Waals surface area contributed by atoms with Crippen LogP contribution in [0.4, 0.5) is 4.39 Å². The molecule has 0 saturated carbocycles. The first kappa shape index (κ1) is 15.3. The third-order valence-electron chi connectivity index (χ3n) is 3.18. The first-order valence-electron chi connectivity index (χ1n) is 7.02. The highest BCUT2D eigenvalue weighted by molar-refractivity contribution is 5.36. The number of halogens is 1. The summed E-state index contributed by atoms with van der Waals surface area (Å²) >= 11 is 0. The molecule has 0 fully saturated rings. The Morgan fingerprint density at radius 1 is 1.00 bits per heavy atom. The molecule has 0 radical (unpaired) electrons. The van der Waals surface area contributed by atoms with Crippen LogP contribution in [0, 0.1) is 5.82 Å². The van der Waals surface area contributed by atoms with E-state index < -0.39 is 0 Å². The lowest BCUT2D eigenvalue weighted by Gasteiger charge is -2.20. The van der Waals surface area contributed by atoms with Gasteiger partial charge in [-0.15, -0.1) is 0 Å². The Morgan fingerprint density at radius 2 is 1.67 bits per heavy atom. The SMILES string of the molecule is CCOc1ccccc1C(COc1ccccc1F)NC. The first-order chi connectivity index (χ1) is 10.3. The van der Waals surface area contributed by atoms with Gasteiger partial charge in [-0.3, -0.25) is 0 Å². The van der Waals surface area contributed by atoms with Gasteiger partial charge in [0.25, 0.3) is 0 Å². The minimum Gasteiger partial charge on any atom is -0.494 e. The zero-order valence-corrected chi connectivity index (χ0v) is 12.3. The van der Waals surface area contributed by atoms with Crippen molar-refractivity contribution in [2.45, 2.75) is 13.0 Å². The fraction of sp³-hybridized carbons (Fsp3) is 0.294. The third kappa shape index (κ3) is 3.95. The van der Waals surface area contributed by atoms with Crippen molar-refractivity contribution in [2.75, 3.05) is 20.3 Å². The van der Waals surface area contributed by atoms with Crippen molar-refractivity contribution in [1.82, 2.24) is 5.32 Å². The van der Waals surface area contributed by atoms with Gasteiger partial charge >= 0.3 is 0 Å². The Bertz CT molecular complexity index is 574. The Kier molecular flexibility index (Phi) is 5.58. The molecule has 0 aliphatic carbocycles. The zero-order chi connectivity index (χ0) is 15.1. The van der Waals surface area contributed by atoms with E-state index in [1.807, 2.05) is 38.2 Å². The highest BCUT2D eigenvalue weighted by Crippen LogP contribution is 2.26. The molecule has 0 aliphatic rings. The summed E-state index contributed by atoms with van der Waals surface area (Å²) in [6.45, 7) is 2.87. The van der Waals surface area contributed by atoms with Crippen molar-refractivity contribution in [1.29, 1.82) is 0 Å². The van der Waals surface area contributed by atoms with E-state index in [0.29, 0.717) is 13.2 Å². The second-order valence-corrected chi connectivity index (χ2v) is 4.55. The Labute approximate surface area is 124 Å². The Balaban J connectivity index is 2.12. The first-order valence-corrected chi connectivity index (χ1v) is 7.02. The minimum absolute atomic E-state index is 0.0765. The molecule has 4 heteroatoms. The van der Waals surface area contributed by atoms with Crippen molar-refractivity contribution in [3.8, 4) is 11.5 Å². The maximum absolute atomic E-state index is 13.6. The molecular formula is C17H20FNO2. The monoisotopic (exact) mass is 289 g/mol. The van der Waals surface area contributed by atoms with Gasteiger partial charge in [0.05, 0.1) is 12.6 Å². The van der Waals surface area contributed by atoms with E-state index in [-0.39, 0.29) is 17.6 Å². The summed E-state index contributed by atoms with van der Waals surface area (Å²) in [4.78, 5) is 0. The molecule has 0 bridgehead atoms. The molecule has 1 unspecified atom stereocenters. The van der Waals surface area contributed by atoms with E-state index >= 15 is 0 Å². The molecule has 1 atom stereocenters. The summed E-state index contributed by atoms with van der Waals surface area (Å²) in [5, 5.41) is 3.18. The lowest BCUT2D eigenvalue weighted by atomic mass is 10.1. The predicted octanol–water partition coefficient (Wildman–Crippen LogP) is 3.56. The van der Waals surface area contributed by atoms with E-state index in [1.165, 1.54) is 6.07 Å². The zero-order valence-electron chi connectivity index (χ0n) is 12.3. The summed E-state index contributed by atoms with van der Waals surface area (Å²) in [6, 6.07) is 14.1. The number of hydrogen-bond acceptors (Lipinski definition) is 3. The predicted molar refractivity (Wildman–Crippen MR) is 81.3 cm³/mol. The molecule has 0 amide bonds. The van der Waals surface area contributed by atoms with Gasteiger partial charge in [-0.25, -0.2) is 4.39 Å². The van der Waals surface area contributed by atoms with Gasteiger partial charge in [0.1, 0.15) is 12.4 Å². The smallest absolute Gasteiger partial charge is 0.165 e. The molecule has 1 N–H and O–H groups in total. The van der Waals surface area contributed by atoms with Gasteiger partial charge in [-0.1, -0.05) is 30.3 Å². The van der Waals surface area contributed by atoms with Crippen LogP contribution in [-0.2, 0) is 0 Å². The average Bonchev–Trinajstić information content (AvgIpc) is 2.51. The molecule has 112 valence electrons. The molecule has 2 aromatic carbocycles. The number of nitrogens with one attached hydrogen (secondary N) is 1. The van der Waals surface area contributed by atoms with E-state index in [4.69, 9.17) is 9.47 Å². The lowest BCUT2D eigenvalue weighted by Crippen LogP contribution is -2.24. The van der Waals surface area contributed by atoms with Crippen LogP contribution in [0.25, 0.3) is 0 Å². The van der Waals surface area contributed by atoms with E-state index in [0.717, 1.165) is 11.3 Å². The second-order valence-electron chi connectivity index (χ2n) is 4.55. The Morgan fingerprint density at radius 3 is 2.33 bits per heavy atom. The molecule has 21 heavy (non-hydrogen) atoms. The quantitative estimate of drug-likeness (QED) is 0.845. The molecule has 0 saturated heterocycles. The standard InChI is InChI=1S/C17H20FNO2/c1-3-20-16-10-6-4-8-13(16)15(19-2)12-21-17-11-7-5-9-14(17)18/h4-11,15,19H,3,12H2,1-2H3. The molecule has 0 spiro atoms. The number of rotatable bonds is 7. The third-order valence-corrected chi connectivity index (χ3v) is 3.18. The average molecular weight is 289 g/mol. The maximum Gasteiger partial charge on any atom is 0.165 e. The van der Waals surface area contributed by atoms with Crippen LogP contribution in [-0.4, -0.2) is 20.3 Å². The van der Waals surface area contributed by atoms with Crippen molar-refractivity contribution < 1.29 is 13.9 Å². The maximum atomic E-state index is 13.6. The van der Waals surface area contributed by atoms with Crippen LogP contribution < -0.4 is 14.8 Å². The fourth-order valence-electron chi connectivity index (χ4n) is 2.12. The van der Waals surface area contributed by atoms with Gasteiger partial charge in [0.15, 0.2) is 11.6 Å². The van der Waals surface area contributed by atoms with E-state index in [2.05, 4.69) is 5.32 Å². The summed E-state index contributed by atoms with van der Waals surface area (Å²) < 4.78 is 24.8. The van der Waals surface area contributed by atoms with Crippen LogP contribution in [0.1, 0.15) is 18.5 Å². The van der Waals surface area contributed by atoms with Crippen molar-refractivity contribution in [3.63, 3.8) is 0 Å². The minimum atomic E-state index is -0.356. The topological polar surface area (TPSA) is 30.5 Å². The number of para-hydroxylation sites is 2. The highest BCUT2D eigenvalue weighted by Gasteiger charge is 2.15. The van der Waals surface area contributed by atoms with Crippen molar-refractivity contribution in [2.24, 2.45) is 0 Å². The van der Waals surface area contributed by atoms with Gasteiger partial charge in [0, 0.05) is 5.56 Å². The number of ether oxygens (including phenoxy) is 2. The number of hydrogen-bond donors (Lipinski definition) is 1. The van der Waals surface area contributed by atoms with Crippen molar-refractivity contribution >= 4 is 0 Å². The molecule has 2 aromatic rings.